The fraction of sp³-hybridized carbons (Fsp3) is 0.600. The molecule has 0 atom stereocenters. The van der Waals surface area contributed by atoms with Gasteiger partial charge in [-0.05, 0) is 12.8 Å². The minimum Gasteiger partial charge on any atom is -0.367 e. The molecule has 1 aromatic heterocycles. The molecule has 0 aromatic carbocycles. The van der Waals surface area contributed by atoms with Crippen LogP contribution in [0.2, 0.25) is 0 Å². The first-order valence-corrected chi connectivity index (χ1v) is 7.39. The Bertz CT molecular complexity index is 500. The van der Waals surface area contributed by atoms with Crippen molar-refractivity contribution in [3.8, 4) is 0 Å². The summed E-state index contributed by atoms with van der Waals surface area (Å²) in [6, 6.07) is 0.0657. The Morgan fingerprint density at radius 1 is 1.37 bits per heavy atom. The van der Waals surface area contributed by atoms with E-state index in [1.807, 2.05) is 0 Å². The van der Waals surface area contributed by atoms with Crippen LogP contribution in [0.4, 0.5) is 17.3 Å². The highest BCUT2D eigenvalue weighted by Crippen LogP contribution is 2.29. The first-order chi connectivity index (χ1) is 9.11. The van der Waals surface area contributed by atoms with Gasteiger partial charge >= 0.3 is 5.69 Å². The van der Waals surface area contributed by atoms with Crippen LogP contribution in [0.25, 0.3) is 0 Å². The molecule has 0 aliphatic carbocycles. The van der Waals surface area contributed by atoms with Crippen molar-refractivity contribution in [3.63, 3.8) is 0 Å². The SMILES string of the molecule is CNc1ncnc(NC2CCS(=O)CC2)c1[N+](=O)[O-]. The van der Waals surface area contributed by atoms with Crippen LogP contribution < -0.4 is 10.6 Å². The fourth-order valence-electron chi connectivity index (χ4n) is 1.97. The molecule has 2 heterocycles. The van der Waals surface area contributed by atoms with E-state index < -0.39 is 15.7 Å². The zero-order chi connectivity index (χ0) is 13.8. The zero-order valence-electron chi connectivity index (χ0n) is 10.5. The van der Waals surface area contributed by atoms with E-state index in [0.717, 1.165) is 12.8 Å². The molecule has 1 fully saturated rings. The Kier molecular flexibility index (Phi) is 4.25. The van der Waals surface area contributed by atoms with Gasteiger partial charge in [-0.15, -0.1) is 0 Å². The summed E-state index contributed by atoms with van der Waals surface area (Å²) in [5.41, 5.74) is -0.156. The molecule has 0 unspecified atom stereocenters. The molecule has 0 saturated carbocycles. The second-order valence-corrected chi connectivity index (χ2v) is 5.89. The lowest BCUT2D eigenvalue weighted by Crippen LogP contribution is -2.30. The average Bonchev–Trinajstić information content (AvgIpc) is 2.40. The molecule has 0 bridgehead atoms. The summed E-state index contributed by atoms with van der Waals surface area (Å²) in [6.45, 7) is 0. The first kappa shape index (κ1) is 13.7. The third kappa shape index (κ3) is 3.16. The molecule has 0 amide bonds. The Morgan fingerprint density at radius 3 is 2.58 bits per heavy atom. The molecule has 0 radical (unpaired) electrons. The van der Waals surface area contributed by atoms with E-state index in [0.29, 0.717) is 11.5 Å². The van der Waals surface area contributed by atoms with Crippen LogP contribution in [-0.2, 0) is 10.8 Å². The molecule has 8 nitrogen and oxygen atoms in total. The molecular formula is C10H15N5O3S. The number of nitrogens with one attached hydrogen (secondary N) is 2. The number of aromatic nitrogens is 2. The van der Waals surface area contributed by atoms with Crippen LogP contribution in [0.5, 0.6) is 0 Å². The lowest BCUT2D eigenvalue weighted by molar-refractivity contribution is -0.383. The Morgan fingerprint density at radius 2 is 2.00 bits per heavy atom. The van der Waals surface area contributed by atoms with Gasteiger partial charge in [0.2, 0.25) is 11.6 Å². The number of hydrogen-bond acceptors (Lipinski definition) is 7. The fourth-order valence-corrected chi connectivity index (χ4v) is 3.27. The van der Waals surface area contributed by atoms with Gasteiger partial charge in [0.05, 0.1) is 4.92 Å². The van der Waals surface area contributed by atoms with Crippen molar-refractivity contribution in [2.75, 3.05) is 29.2 Å². The molecule has 2 rings (SSSR count). The summed E-state index contributed by atoms with van der Waals surface area (Å²) in [7, 11) is 0.814. The van der Waals surface area contributed by atoms with Crippen molar-refractivity contribution in [1.82, 2.24) is 9.97 Å². The monoisotopic (exact) mass is 285 g/mol. The third-order valence-electron chi connectivity index (χ3n) is 2.97. The quantitative estimate of drug-likeness (QED) is 0.620. The van der Waals surface area contributed by atoms with Gasteiger partial charge in [0, 0.05) is 35.4 Å². The van der Waals surface area contributed by atoms with Gasteiger partial charge in [-0.1, -0.05) is 0 Å². The third-order valence-corrected chi connectivity index (χ3v) is 4.35. The normalized spacial score (nSPS) is 22.8. The number of anilines is 2. The van der Waals surface area contributed by atoms with Gasteiger partial charge in [0.15, 0.2) is 0 Å². The Balaban J connectivity index is 2.20. The van der Waals surface area contributed by atoms with Gasteiger partial charge in [-0.25, -0.2) is 9.97 Å². The number of nitrogens with zero attached hydrogens (tertiary/aromatic N) is 3. The summed E-state index contributed by atoms with van der Waals surface area (Å²) in [6.07, 6.45) is 2.73. The molecule has 19 heavy (non-hydrogen) atoms. The summed E-state index contributed by atoms with van der Waals surface area (Å²) in [5, 5.41) is 16.8. The highest BCUT2D eigenvalue weighted by Gasteiger charge is 2.25. The molecular weight excluding hydrogens is 270 g/mol. The minimum absolute atomic E-state index is 0.0657. The van der Waals surface area contributed by atoms with E-state index in [1.165, 1.54) is 6.33 Å². The molecule has 1 saturated heterocycles. The van der Waals surface area contributed by atoms with E-state index in [2.05, 4.69) is 20.6 Å². The first-order valence-electron chi connectivity index (χ1n) is 5.90. The molecule has 1 aromatic rings. The Hall–Kier alpha value is -1.77. The molecule has 104 valence electrons. The summed E-state index contributed by atoms with van der Waals surface area (Å²) < 4.78 is 11.3. The standard InChI is InChI=1S/C10H15N5O3S/c1-11-9-8(15(16)17)10(13-6-12-9)14-7-2-4-19(18)5-3-7/h6-7H,2-5H2,1H3,(H2,11,12,13,14). The highest BCUT2D eigenvalue weighted by molar-refractivity contribution is 7.85. The highest BCUT2D eigenvalue weighted by atomic mass is 32.2. The van der Waals surface area contributed by atoms with Crippen LogP contribution in [0.15, 0.2) is 6.33 Å². The predicted molar refractivity (Wildman–Crippen MR) is 72.8 cm³/mol. The topological polar surface area (TPSA) is 110 Å². The van der Waals surface area contributed by atoms with Crippen molar-refractivity contribution in [2.45, 2.75) is 18.9 Å². The number of nitro groups is 1. The summed E-state index contributed by atoms with van der Waals surface area (Å²) >= 11 is 0. The number of hydrogen-bond donors (Lipinski definition) is 2. The second-order valence-electron chi connectivity index (χ2n) is 4.19. The van der Waals surface area contributed by atoms with Gasteiger partial charge in [0.1, 0.15) is 6.33 Å². The second kappa shape index (κ2) is 5.91. The smallest absolute Gasteiger partial charge is 0.353 e. The summed E-state index contributed by atoms with van der Waals surface area (Å²) in [5.74, 6) is 1.63. The maximum atomic E-state index is 11.3. The van der Waals surface area contributed by atoms with E-state index in [4.69, 9.17) is 0 Å². The van der Waals surface area contributed by atoms with Crippen LogP contribution >= 0.6 is 0 Å². The lowest BCUT2D eigenvalue weighted by Gasteiger charge is -2.22. The summed E-state index contributed by atoms with van der Waals surface area (Å²) in [4.78, 5) is 18.4. The molecule has 2 N–H and O–H groups in total. The van der Waals surface area contributed by atoms with Crippen molar-refractivity contribution >= 4 is 28.1 Å². The van der Waals surface area contributed by atoms with Crippen LogP contribution in [0, 0.1) is 10.1 Å². The molecule has 0 spiro atoms. The Labute approximate surface area is 112 Å². The van der Waals surface area contributed by atoms with Crippen LogP contribution in [0.3, 0.4) is 0 Å². The van der Waals surface area contributed by atoms with E-state index >= 15 is 0 Å². The van der Waals surface area contributed by atoms with Gasteiger partial charge < -0.3 is 10.6 Å². The van der Waals surface area contributed by atoms with E-state index in [-0.39, 0.29) is 23.4 Å². The lowest BCUT2D eigenvalue weighted by atomic mass is 10.1. The average molecular weight is 285 g/mol. The van der Waals surface area contributed by atoms with Gasteiger partial charge in [-0.3, -0.25) is 14.3 Å². The van der Waals surface area contributed by atoms with Gasteiger partial charge in [0.25, 0.3) is 0 Å². The maximum Gasteiger partial charge on any atom is 0.353 e. The van der Waals surface area contributed by atoms with Gasteiger partial charge in [-0.2, -0.15) is 0 Å². The minimum atomic E-state index is -0.758. The molecule has 1 aliphatic rings. The van der Waals surface area contributed by atoms with Crippen molar-refractivity contribution < 1.29 is 9.13 Å². The van der Waals surface area contributed by atoms with Crippen molar-refractivity contribution in [1.29, 1.82) is 0 Å². The van der Waals surface area contributed by atoms with Crippen LogP contribution in [-0.4, -0.2) is 43.7 Å². The van der Waals surface area contributed by atoms with E-state index in [9.17, 15) is 14.3 Å². The van der Waals surface area contributed by atoms with Crippen molar-refractivity contribution in [2.24, 2.45) is 0 Å². The van der Waals surface area contributed by atoms with Crippen LogP contribution in [0.1, 0.15) is 12.8 Å². The molecule has 9 heteroatoms. The van der Waals surface area contributed by atoms with Crippen molar-refractivity contribution in [3.05, 3.63) is 16.4 Å². The zero-order valence-corrected chi connectivity index (χ0v) is 11.3. The largest absolute Gasteiger partial charge is 0.367 e. The molecule has 1 aliphatic heterocycles. The number of rotatable bonds is 4. The maximum absolute atomic E-state index is 11.3. The van der Waals surface area contributed by atoms with E-state index in [1.54, 1.807) is 7.05 Å². The predicted octanol–water partition coefficient (Wildman–Crippen LogP) is 0.750.